The summed E-state index contributed by atoms with van der Waals surface area (Å²) in [5.74, 6) is 1.34. The first-order chi connectivity index (χ1) is 7.76. The molecule has 17 heavy (non-hydrogen) atoms. The van der Waals surface area contributed by atoms with Gasteiger partial charge < -0.3 is 20.5 Å². The van der Waals surface area contributed by atoms with Crippen molar-refractivity contribution in [1.82, 2.24) is 5.32 Å². The van der Waals surface area contributed by atoms with Crippen molar-refractivity contribution in [2.45, 2.75) is 0 Å². The summed E-state index contributed by atoms with van der Waals surface area (Å²) in [5.41, 5.74) is 5.13. The molecule has 0 aliphatic heterocycles. The Hall–Kier alpha value is -1.46. The summed E-state index contributed by atoms with van der Waals surface area (Å²) in [4.78, 5) is 10.8. The lowest BCUT2D eigenvalue weighted by molar-refractivity contribution is -0.119. The van der Waals surface area contributed by atoms with Crippen molar-refractivity contribution in [2.75, 3.05) is 26.8 Å². The summed E-state index contributed by atoms with van der Waals surface area (Å²) in [6.45, 7) is 0.864. The van der Waals surface area contributed by atoms with Crippen molar-refractivity contribution >= 4 is 18.3 Å². The second-order valence-electron chi connectivity index (χ2n) is 3.08. The number of benzene rings is 1. The third kappa shape index (κ3) is 5.99. The van der Waals surface area contributed by atoms with Gasteiger partial charge in [-0.05, 0) is 24.3 Å². The summed E-state index contributed by atoms with van der Waals surface area (Å²) in [5, 5.41) is 2.61. The van der Waals surface area contributed by atoms with Gasteiger partial charge in [-0.25, -0.2) is 0 Å². The van der Waals surface area contributed by atoms with Crippen LogP contribution in [0.5, 0.6) is 11.5 Å². The molecular weight excluding hydrogens is 244 g/mol. The van der Waals surface area contributed by atoms with Gasteiger partial charge in [-0.3, -0.25) is 4.79 Å². The monoisotopic (exact) mass is 260 g/mol. The number of carbonyl (C=O) groups is 1. The first-order valence-electron chi connectivity index (χ1n) is 5.00. The predicted molar refractivity (Wildman–Crippen MR) is 67.8 cm³/mol. The van der Waals surface area contributed by atoms with Crippen LogP contribution < -0.4 is 20.5 Å². The predicted octanol–water partition coefficient (Wildman–Crippen LogP) is 0.571. The van der Waals surface area contributed by atoms with Gasteiger partial charge in [0.25, 0.3) is 0 Å². The molecule has 0 atom stereocenters. The molecule has 1 aromatic carbocycles. The normalized spacial score (nSPS) is 9.06. The Morgan fingerprint density at radius 1 is 1.29 bits per heavy atom. The molecule has 6 heteroatoms. The Morgan fingerprint density at radius 3 is 2.41 bits per heavy atom. The molecule has 3 N–H and O–H groups in total. The molecular formula is C11H17ClN2O3. The van der Waals surface area contributed by atoms with Crippen molar-refractivity contribution in [3.05, 3.63) is 24.3 Å². The van der Waals surface area contributed by atoms with Crippen LogP contribution in [-0.4, -0.2) is 32.7 Å². The van der Waals surface area contributed by atoms with Crippen LogP contribution in [0.1, 0.15) is 0 Å². The van der Waals surface area contributed by atoms with E-state index < -0.39 is 0 Å². The van der Waals surface area contributed by atoms with Crippen LogP contribution in [-0.2, 0) is 4.79 Å². The molecule has 0 saturated heterocycles. The largest absolute Gasteiger partial charge is 0.497 e. The molecule has 0 aromatic heterocycles. The highest BCUT2D eigenvalue weighted by Gasteiger charge is 1.97. The van der Waals surface area contributed by atoms with Gasteiger partial charge in [0.1, 0.15) is 18.1 Å². The van der Waals surface area contributed by atoms with Gasteiger partial charge in [-0.15, -0.1) is 12.4 Å². The van der Waals surface area contributed by atoms with Crippen LogP contribution in [0, 0.1) is 0 Å². The lowest BCUT2D eigenvalue weighted by Gasteiger charge is -2.07. The zero-order valence-corrected chi connectivity index (χ0v) is 10.5. The molecule has 1 amide bonds. The van der Waals surface area contributed by atoms with Crippen LogP contribution >= 0.6 is 12.4 Å². The van der Waals surface area contributed by atoms with Crippen LogP contribution in [0.4, 0.5) is 0 Å². The van der Waals surface area contributed by atoms with Crippen LogP contribution in [0.3, 0.4) is 0 Å². The molecule has 0 saturated carbocycles. The van der Waals surface area contributed by atoms with Gasteiger partial charge in [0, 0.05) is 0 Å². The number of nitrogens with two attached hydrogens (primary N) is 1. The van der Waals surface area contributed by atoms with E-state index in [1.54, 1.807) is 7.11 Å². The fourth-order valence-electron chi connectivity index (χ4n) is 1.10. The molecule has 0 bridgehead atoms. The van der Waals surface area contributed by atoms with E-state index in [9.17, 15) is 4.79 Å². The maximum atomic E-state index is 10.8. The maximum absolute atomic E-state index is 10.8. The van der Waals surface area contributed by atoms with Crippen LogP contribution in [0.25, 0.3) is 0 Å². The molecule has 1 rings (SSSR count). The average Bonchev–Trinajstić information content (AvgIpc) is 2.35. The summed E-state index contributed by atoms with van der Waals surface area (Å²) < 4.78 is 10.4. The zero-order valence-electron chi connectivity index (χ0n) is 9.64. The third-order valence-electron chi connectivity index (χ3n) is 1.94. The number of hydrogen-bond donors (Lipinski definition) is 2. The topological polar surface area (TPSA) is 73.6 Å². The van der Waals surface area contributed by atoms with Crippen LogP contribution in [0.15, 0.2) is 24.3 Å². The van der Waals surface area contributed by atoms with E-state index in [4.69, 9.17) is 15.2 Å². The summed E-state index contributed by atoms with van der Waals surface area (Å²) >= 11 is 0. The third-order valence-corrected chi connectivity index (χ3v) is 1.94. The Balaban J connectivity index is 0.00000256. The second-order valence-corrected chi connectivity index (χ2v) is 3.08. The average molecular weight is 261 g/mol. The van der Waals surface area contributed by atoms with Gasteiger partial charge in [0.15, 0.2) is 0 Å². The van der Waals surface area contributed by atoms with E-state index in [2.05, 4.69) is 5.32 Å². The highest BCUT2D eigenvalue weighted by molar-refractivity contribution is 5.85. The molecule has 1 aromatic rings. The van der Waals surface area contributed by atoms with E-state index >= 15 is 0 Å². The smallest absolute Gasteiger partial charge is 0.233 e. The van der Waals surface area contributed by atoms with Crippen molar-refractivity contribution in [2.24, 2.45) is 5.73 Å². The number of ether oxygens (including phenoxy) is 2. The first-order valence-corrected chi connectivity index (χ1v) is 5.00. The lowest BCUT2D eigenvalue weighted by Crippen LogP contribution is -2.33. The number of halogens is 1. The first kappa shape index (κ1) is 15.5. The van der Waals surface area contributed by atoms with Crippen molar-refractivity contribution in [1.29, 1.82) is 0 Å². The molecule has 0 unspecified atom stereocenters. The standard InChI is InChI=1S/C11H16N2O3.ClH/c1-15-9-2-4-10(5-3-9)16-7-6-13-11(14)8-12;/h2-5H,6-8,12H2,1H3,(H,13,14);1H. The molecule has 5 nitrogen and oxygen atoms in total. The molecule has 96 valence electrons. The lowest BCUT2D eigenvalue weighted by atomic mass is 10.3. The second kappa shape index (κ2) is 8.66. The minimum Gasteiger partial charge on any atom is -0.497 e. The Kier molecular flexibility index (Phi) is 7.92. The quantitative estimate of drug-likeness (QED) is 0.734. The van der Waals surface area contributed by atoms with Gasteiger partial charge in [-0.1, -0.05) is 0 Å². The fourth-order valence-corrected chi connectivity index (χ4v) is 1.10. The van der Waals surface area contributed by atoms with Gasteiger partial charge in [0.2, 0.25) is 5.91 Å². The van der Waals surface area contributed by atoms with E-state index in [-0.39, 0.29) is 24.9 Å². The van der Waals surface area contributed by atoms with Gasteiger partial charge in [0.05, 0.1) is 20.2 Å². The molecule has 0 aliphatic rings. The fraction of sp³-hybridized carbons (Fsp3) is 0.364. The number of hydrogen-bond acceptors (Lipinski definition) is 4. The van der Waals surface area contributed by atoms with Gasteiger partial charge >= 0.3 is 0 Å². The van der Waals surface area contributed by atoms with E-state index in [0.717, 1.165) is 11.5 Å². The molecule has 0 spiro atoms. The number of carbonyl (C=O) groups excluding carboxylic acids is 1. The van der Waals surface area contributed by atoms with E-state index in [1.807, 2.05) is 24.3 Å². The zero-order chi connectivity index (χ0) is 11.8. The van der Waals surface area contributed by atoms with Crippen LogP contribution in [0.2, 0.25) is 0 Å². The molecule has 0 fully saturated rings. The maximum Gasteiger partial charge on any atom is 0.233 e. The van der Waals surface area contributed by atoms with Crippen molar-refractivity contribution in [3.63, 3.8) is 0 Å². The summed E-state index contributed by atoms with van der Waals surface area (Å²) in [6.07, 6.45) is 0. The van der Waals surface area contributed by atoms with Gasteiger partial charge in [-0.2, -0.15) is 0 Å². The van der Waals surface area contributed by atoms with Crippen molar-refractivity contribution in [3.8, 4) is 11.5 Å². The van der Waals surface area contributed by atoms with E-state index in [1.165, 1.54) is 0 Å². The molecule has 0 radical (unpaired) electrons. The number of rotatable bonds is 6. The summed E-state index contributed by atoms with van der Waals surface area (Å²) in [7, 11) is 1.61. The SMILES string of the molecule is COc1ccc(OCCNC(=O)CN)cc1.Cl. The molecule has 0 heterocycles. The van der Waals surface area contributed by atoms with E-state index in [0.29, 0.717) is 13.2 Å². The Labute approximate surface area is 107 Å². The summed E-state index contributed by atoms with van der Waals surface area (Å²) in [6, 6.07) is 7.24. The number of methoxy groups -OCH3 is 1. The minimum atomic E-state index is -0.182. The van der Waals surface area contributed by atoms with Crippen molar-refractivity contribution < 1.29 is 14.3 Å². The Morgan fingerprint density at radius 2 is 1.88 bits per heavy atom. The highest BCUT2D eigenvalue weighted by Crippen LogP contribution is 2.16. The highest BCUT2D eigenvalue weighted by atomic mass is 35.5. The number of amides is 1. The molecule has 0 aliphatic carbocycles. The Bertz CT molecular complexity index is 330. The number of nitrogens with one attached hydrogen (secondary N) is 1. The minimum absolute atomic E-state index is 0.